The summed E-state index contributed by atoms with van der Waals surface area (Å²) in [6.07, 6.45) is 5.16. The van der Waals surface area contributed by atoms with Gasteiger partial charge < -0.3 is 25.7 Å². The molecule has 1 aliphatic heterocycles. The Morgan fingerprint density at radius 3 is 2.89 bits per heavy atom. The van der Waals surface area contributed by atoms with E-state index in [4.69, 9.17) is 16.3 Å². The molecular formula is C27H26ClN5O3. The number of rotatable bonds is 6. The monoisotopic (exact) mass is 503 g/mol. The first kappa shape index (κ1) is 24.9. The van der Waals surface area contributed by atoms with Gasteiger partial charge in [-0.3, -0.25) is 14.6 Å². The number of hydrogen-bond donors (Lipinski definition) is 4. The Morgan fingerprint density at radius 1 is 1.33 bits per heavy atom. The van der Waals surface area contributed by atoms with Crippen LogP contribution in [0.3, 0.4) is 0 Å². The van der Waals surface area contributed by atoms with Crippen molar-refractivity contribution in [3.8, 4) is 28.8 Å². The topological polar surface area (TPSA) is 108 Å². The molecule has 0 aliphatic carbocycles. The summed E-state index contributed by atoms with van der Waals surface area (Å²) < 4.78 is 5.50. The molecule has 2 aromatic heterocycles. The SMILES string of the molecule is C=CC(=O)NC(C)(C)C#Cc1cnccc1-c1[nH]c2c(c1Nc1cccc(Cl)c1OC)C(=O)NCC2. The van der Waals surface area contributed by atoms with Crippen LogP contribution in [-0.4, -0.2) is 41.0 Å². The van der Waals surface area contributed by atoms with Crippen LogP contribution < -0.4 is 20.7 Å². The van der Waals surface area contributed by atoms with Crippen molar-refractivity contribution in [3.05, 3.63) is 71.2 Å². The number of aromatic amines is 1. The molecule has 0 bridgehead atoms. The fraction of sp³-hybridized carbons (Fsp3) is 0.222. The van der Waals surface area contributed by atoms with Gasteiger partial charge in [0.15, 0.2) is 5.75 Å². The third-order valence-electron chi connectivity index (χ3n) is 5.62. The smallest absolute Gasteiger partial charge is 0.255 e. The summed E-state index contributed by atoms with van der Waals surface area (Å²) >= 11 is 6.34. The second-order valence-corrected chi connectivity index (χ2v) is 9.08. The molecule has 0 saturated carbocycles. The first-order chi connectivity index (χ1) is 17.2. The number of methoxy groups -OCH3 is 1. The Labute approximate surface area is 214 Å². The van der Waals surface area contributed by atoms with Crippen molar-refractivity contribution in [1.82, 2.24) is 20.6 Å². The molecular weight excluding hydrogens is 478 g/mol. The van der Waals surface area contributed by atoms with Crippen LogP contribution in [0, 0.1) is 11.8 Å². The largest absolute Gasteiger partial charge is 0.493 e. The van der Waals surface area contributed by atoms with Gasteiger partial charge in [-0.2, -0.15) is 0 Å². The number of carbonyl (C=O) groups is 2. The summed E-state index contributed by atoms with van der Waals surface area (Å²) in [5.41, 5.74) is 3.77. The average Bonchev–Trinajstić information content (AvgIpc) is 3.22. The van der Waals surface area contributed by atoms with Crippen molar-refractivity contribution >= 4 is 34.8 Å². The van der Waals surface area contributed by atoms with Crippen molar-refractivity contribution in [2.24, 2.45) is 0 Å². The highest BCUT2D eigenvalue weighted by Gasteiger charge is 2.28. The molecule has 0 unspecified atom stereocenters. The zero-order valence-corrected chi connectivity index (χ0v) is 21.0. The third-order valence-corrected chi connectivity index (χ3v) is 5.91. The van der Waals surface area contributed by atoms with E-state index in [0.29, 0.717) is 51.9 Å². The van der Waals surface area contributed by atoms with Crippen LogP contribution in [-0.2, 0) is 11.2 Å². The van der Waals surface area contributed by atoms with Gasteiger partial charge in [0.05, 0.1) is 45.9 Å². The standard InChI is InChI=1S/C27H26ClN5O3/c1-5-21(34)33-27(2,3)12-9-16-15-29-13-10-17(16)23-24(22-19(31-23)11-14-30-26(22)35)32-20-8-6-7-18(28)25(20)36-4/h5-8,10,13,15,31-32H,1,11,14H2,2-4H3,(H,30,35)(H,33,34). The van der Waals surface area contributed by atoms with Crippen LogP contribution in [0.1, 0.15) is 35.5 Å². The Bertz CT molecular complexity index is 1410. The van der Waals surface area contributed by atoms with E-state index >= 15 is 0 Å². The molecule has 0 spiro atoms. The van der Waals surface area contributed by atoms with Crippen LogP contribution >= 0.6 is 11.6 Å². The lowest BCUT2D eigenvalue weighted by molar-refractivity contribution is -0.117. The van der Waals surface area contributed by atoms with Gasteiger partial charge in [-0.15, -0.1) is 0 Å². The van der Waals surface area contributed by atoms with Gasteiger partial charge in [0.1, 0.15) is 0 Å². The summed E-state index contributed by atoms with van der Waals surface area (Å²) in [5, 5.41) is 9.51. The molecule has 8 nitrogen and oxygen atoms in total. The predicted molar refractivity (Wildman–Crippen MR) is 141 cm³/mol. The van der Waals surface area contributed by atoms with Crippen molar-refractivity contribution < 1.29 is 14.3 Å². The second-order valence-electron chi connectivity index (χ2n) is 8.67. The van der Waals surface area contributed by atoms with E-state index in [1.54, 1.807) is 38.4 Å². The number of hydrogen-bond acceptors (Lipinski definition) is 5. The van der Waals surface area contributed by atoms with Gasteiger partial charge in [-0.1, -0.05) is 36.1 Å². The molecule has 3 heterocycles. The maximum Gasteiger partial charge on any atom is 0.255 e. The van der Waals surface area contributed by atoms with Crippen LogP contribution in [0.2, 0.25) is 5.02 Å². The maximum absolute atomic E-state index is 12.9. The van der Waals surface area contributed by atoms with E-state index in [-0.39, 0.29) is 11.8 Å². The lowest BCUT2D eigenvalue weighted by Gasteiger charge is -2.18. The van der Waals surface area contributed by atoms with Gasteiger partial charge in [-0.05, 0) is 38.1 Å². The molecule has 0 saturated heterocycles. The molecule has 3 aromatic rings. The molecule has 2 amide bonds. The number of anilines is 2. The van der Waals surface area contributed by atoms with Crippen molar-refractivity contribution in [2.75, 3.05) is 19.0 Å². The van der Waals surface area contributed by atoms with Crippen molar-refractivity contribution in [2.45, 2.75) is 25.8 Å². The first-order valence-corrected chi connectivity index (χ1v) is 11.7. The van der Waals surface area contributed by atoms with E-state index in [9.17, 15) is 9.59 Å². The van der Waals surface area contributed by atoms with Gasteiger partial charge in [-0.25, -0.2) is 0 Å². The fourth-order valence-corrected chi connectivity index (χ4v) is 4.23. The molecule has 1 aromatic carbocycles. The Hall–Kier alpha value is -4.22. The minimum Gasteiger partial charge on any atom is -0.493 e. The van der Waals surface area contributed by atoms with E-state index in [0.717, 1.165) is 11.3 Å². The molecule has 184 valence electrons. The number of nitrogens with zero attached hydrogens (tertiary/aromatic N) is 1. The number of carbonyl (C=O) groups excluding carboxylic acids is 2. The summed E-state index contributed by atoms with van der Waals surface area (Å²) in [6, 6.07) is 7.19. The van der Waals surface area contributed by atoms with Gasteiger partial charge >= 0.3 is 0 Å². The number of aromatic nitrogens is 2. The number of pyridine rings is 1. The van der Waals surface area contributed by atoms with E-state index in [1.165, 1.54) is 13.2 Å². The van der Waals surface area contributed by atoms with Crippen LogP contribution in [0.5, 0.6) is 5.75 Å². The Kier molecular flexibility index (Phi) is 7.04. The summed E-state index contributed by atoms with van der Waals surface area (Å²) in [7, 11) is 1.54. The van der Waals surface area contributed by atoms with Gasteiger partial charge in [0.2, 0.25) is 5.91 Å². The molecule has 0 atom stereocenters. The fourth-order valence-electron chi connectivity index (χ4n) is 3.98. The van der Waals surface area contributed by atoms with Crippen LogP contribution in [0.15, 0.2) is 49.3 Å². The number of fused-ring (bicyclic) bond motifs is 1. The highest BCUT2D eigenvalue weighted by molar-refractivity contribution is 6.32. The van der Waals surface area contributed by atoms with E-state index in [2.05, 4.69) is 44.3 Å². The van der Waals surface area contributed by atoms with E-state index in [1.807, 2.05) is 12.1 Å². The first-order valence-electron chi connectivity index (χ1n) is 11.3. The highest BCUT2D eigenvalue weighted by Crippen LogP contribution is 2.41. The number of H-pyrrole nitrogens is 1. The van der Waals surface area contributed by atoms with Crippen LogP contribution in [0.4, 0.5) is 11.4 Å². The summed E-state index contributed by atoms with van der Waals surface area (Å²) in [5.74, 6) is 6.20. The van der Waals surface area contributed by atoms with E-state index < -0.39 is 5.54 Å². The number of halogens is 1. The number of ether oxygens (including phenoxy) is 1. The zero-order chi connectivity index (χ0) is 25.9. The molecule has 0 radical (unpaired) electrons. The second kappa shape index (κ2) is 10.2. The molecule has 0 fully saturated rings. The lowest BCUT2D eigenvalue weighted by Crippen LogP contribution is -2.41. The van der Waals surface area contributed by atoms with Crippen molar-refractivity contribution in [1.29, 1.82) is 0 Å². The number of amides is 2. The predicted octanol–water partition coefficient (Wildman–Crippen LogP) is 4.20. The zero-order valence-electron chi connectivity index (χ0n) is 20.2. The maximum atomic E-state index is 12.9. The van der Waals surface area contributed by atoms with Crippen molar-refractivity contribution in [3.63, 3.8) is 0 Å². The summed E-state index contributed by atoms with van der Waals surface area (Å²) in [4.78, 5) is 32.4. The molecule has 9 heteroatoms. The molecule has 4 N–H and O–H groups in total. The average molecular weight is 504 g/mol. The minimum absolute atomic E-state index is 0.183. The van der Waals surface area contributed by atoms with Crippen LogP contribution in [0.25, 0.3) is 11.3 Å². The highest BCUT2D eigenvalue weighted by atomic mass is 35.5. The molecule has 36 heavy (non-hydrogen) atoms. The van der Waals surface area contributed by atoms with Gasteiger partial charge in [0, 0.05) is 36.6 Å². The molecule has 1 aliphatic rings. The van der Waals surface area contributed by atoms with Gasteiger partial charge in [0.25, 0.3) is 5.91 Å². The number of para-hydroxylation sites is 1. The normalized spacial score (nSPS) is 12.5. The summed E-state index contributed by atoms with van der Waals surface area (Å²) in [6.45, 7) is 7.62. The third kappa shape index (κ3) is 5.07. The minimum atomic E-state index is -0.803. The number of nitrogens with one attached hydrogen (secondary N) is 4. The molecule has 4 rings (SSSR count). The number of benzene rings is 1. The quantitative estimate of drug-likeness (QED) is 0.298. The Morgan fingerprint density at radius 2 is 2.14 bits per heavy atom. The lowest BCUT2D eigenvalue weighted by atomic mass is 10.0. The Balaban J connectivity index is 1.85.